The number of sulfonamides is 1. The molecule has 0 spiro atoms. The van der Waals surface area contributed by atoms with Crippen molar-refractivity contribution in [1.29, 1.82) is 0 Å². The zero-order valence-electron chi connectivity index (χ0n) is 12.7. The Balaban J connectivity index is 1.74. The van der Waals surface area contributed by atoms with E-state index < -0.39 is 10.0 Å². The van der Waals surface area contributed by atoms with Crippen molar-refractivity contribution >= 4 is 48.6 Å². The van der Waals surface area contributed by atoms with E-state index in [9.17, 15) is 13.5 Å². The molecule has 2 aromatic carbocycles. The van der Waals surface area contributed by atoms with Gasteiger partial charge in [0.1, 0.15) is 15.0 Å². The van der Waals surface area contributed by atoms with Gasteiger partial charge in [0, 0.05) is 5.69 Å². The maximum Gasteiger partial charge on any atom is 0.271 e. The lowest BCUT2D eigenvalue weighted by atomic mass is 10.2. The monoisotopic (exact) mass is 388 g/mol. The minimum atomic E-state index is -3.64. The van der Waals surface area contributed by atoms with Gasteiger partial charge in [0.25, 0.3) is 10.0 Å². The third-order valence-corrected chi connectivity index (χ3v) is 7.38. The average molecular weight is 388 g/mol. The minimum Gasteiger partial charge on any atom is -0.507 e. The molecule has 0 saturated heterocycles. The van der Waals surface area contributed by atoms with E-state index in [2.05, 4.69) is 9.71 Å². The molecule has 25 heavy (non-hydrogen) atoms. The van der Waals surface area contributed by atoms with E-state index in [1.165, 1.54) is 23.5 Å². The van der Waals surface area contributed by atoms with Crippen LogP contribution in [0.4, 0.5) is 5.69 Å². The molecule has 0 aliphatic rings. The normalized spacial score (nSPS) is 11.7. The SMILES string of the molecule is O=S(=O)(Nc1ccc(O)c(-c2nc3ccccc3s2)c1)c1cccs1. The van der Waals surface area contributed by atoms with E-state index in [1.807, 2.05) is 24.3 Å². The molecule has 4 rings (SSSR count). The predicted octanol–water partition coefficient (Wildman–Crippen LogP) is 4.53. The van der Waals surface area contributed by atoms with E-state index >= 15 is 0 Å². The molecule has 2 aromatic heterocycles. The zero-order chi connectivity index (χ0) is 17.4. The summed E-state index contributed by atoms with van der Waals surface area (Å²) in [6.07, 6.45) is 0. The van der Waals surface area contributed by atoms with E-state index in [-0.39, 0.29) is 9.96 Å². The maximum atomic E-state index is 12.4. The summed E-state index contributed by atoms with van der Waals surface area (Å²) in [6, 6.07) is 15.5. The quantitative estimate of drug-likeness (QED) is 0.503. The van der Waals surface area contributed by atoms with Crippen LogP contribution in [0, 0.1) is 0 Å². The third-order valence-electron chi connectivity index (χ3n) is 3.53. The van der Waals surface area contributed by atoms with E-state index in [4.69, 9.17) is 0 Å². The smallest absolute Gasteiger partial charge is 0.271 e. The fourth-order valence-corrected chi connectivity index (χ4v) is 5.41. The molecule has 0 amide bonds. The van der Waals surface area contributed by atoms with Crippen LogP contribution in [0.25, 0.3) is 20.8 Å². The van der Waals surface area contributed by atoms with E-state index in [0.717, 1.165) is 21.6 Å². The average Bonchev–Trinajstić information content (AvgIpc) is 3.26. The number of para-hydroxylation sites is 1. The van der Waals surface area contributed by atoms with Gasteiger partial charge >= 0.3 is 0 Å². The molecule has 0 saturated carbocycles. The molecule has 126 valence electrons. The Hall–Kier alpha value is -2.42. The molecule has 0 aliphatic carbocycles. The number of aromatic hydroxyl groups is 1. The number of hydrogen-bond donors (Lipinski definition) is 2. The number of anilines is 1. The summed E-state index contributed by atoms with van der Waals surface area (Å²) in [4.78, 5) is 4.51. The second-order valence-corrected chi connectivity index (χ2v) is 9.14. The second kappa shape index (κ2) is 6.14. The number of thiazole rings is 1. The Morgan fingerprint density at radius 1 is 1.04 bits per heavy atom. The highest BCUT2D eigenvalue weighted by Crippen LogP contribution is 2.37. The summed E-state index contributed by atoms with van der Waals surface area (Å²) < 4.78 is 28.5. The van der Waals surface area contributed by atoms with Crippen LogP contribution < -0.4 is 4.72 Å². The second-order valence-electron chi connectivity index (χ2n) is 5.26. The molecule has 0 fully saturated rings. The van der Waals surface area contributed by atoms with Crippen molar-refractivity contribution in [3.8, 4) is 16.3 Å². The molecular weight excluding hydrogens is 376 g/mol. The Morgan fingerprint density at radius 3 is 2.64 bits per heavy atom. The Labute approximate surface area is 152 Å². The van der Waals surface area contributed by atoms with Crippen molar-refractivity contribution < 1.29 is 13.5 Å². The highest BCUT2D eigenvalue weighted by molar-refractivity contribution is 7.94. The number of phenols is 1. The molecule has 2 heterocycles. The number of phenolic OH excluding ortho intramolecular Hbond substituents is 1. The Bertz CT molecular complexity index is 1120. The fraction of sp³-hybridized carbons (Fsp3) is 0. The van der Waals surface area contributed by atoms with Gasteiger partial charge in [-0.1, -0.05) is 18.2 Å². The first kappa shape index (κ1) is 16.1. The van der Waals surface area contributed by atoms with Gasteiger partial charge in [-0.3, -0.25) is 4.72 Å². The van der Waals surface area contributed by atoms with Crippen LogP contribution in [-0.2, 0) is 10.0 Å². The van der Waals surface area contributed by atoms with Gasteiger partial charge in [0.05, 0.1) is 15.8 Å². The van der Waals surface area contributed by atoms with Crippen LogP contribution in [0.15, 0.2) is 64.2 Å². The van der Waals surface area contributed by atoms with Crippen molar-refractivity contribution in [3.05, 3.63) is 60.0 Å². The molecule has 0 atom stereocenters. The molecular formula is C17H12N2O3S3. The van der Waals surface area contributed by atoms with Crippen molar-refractivity contribution in [3.63, 3.8) is 0 Å². The van der Waals surface area contributed by atoms with Gasteiger partial charge in [-0.25, -0.2) is 13.4 Å². The first-order chi connectivity index (χ1) is 12.0. The van der Waals surface area contributed by atoms with Crippen LogP contribution >= 0.6 is 22.7 Å². The molecule has 8 heteroatoms. The lowest BCUT2D eigenvalue weighted by Crippen LogP contribution is -2.11. The number of fused-ring (bicyclic) bond motifs is 1. The van der Waals surface area contributed by atoms with E-state index in [1.54, 1.807) is 23.6 Å². The molecule has 5 nitrogen and oxygen atoms in total. The number of thiophene rings is 1. The Morgan fingerprint density at radius 2 is 1.88 bits per heavy atom. The zero-order valence-corrected chi connectivity index (χ0v) is 15.2. The predicted molar refractivity (Wildman–Crippen MR) is 102 cm³/mol. The largest absolute Gasteiger partial charge is 0.507 e. The first-order valence-electron chi connectivity index (χ1n) is 7.28. The number of nitrogens with one attached hydrogen (secondary N) is 1. The molecule has 0 unspecified atom stereocenters. The molecule has 0 aliphatic heterocycles. The first-order valence-corrected chi connectivity index (χ1v) is 10.5. The number of aromatic nitrogens is 1. The summed E-state index contributed by atoms with van der Waals surface area (Å²) in [5.74, 6) is 0.0538. The van der Waals surface area contributed by atoms with Crippen molar-refractivity contribution in [2.75, 3.05) is 4.72 Å². The topological polar surface area (TPSA) is 79.3 Å². The van der Waals surface area contributed by atoms with Crippen LogP contribution in [0.1, 0.15) is 0 Å². The minimum absolute atomic E-state index is 0.0538. The summed E-state index contributed by atoms with van der Waals surface area (Å²) in [5.41, 5.74) is 1.71. The Kier molecular flexibility index (Phi) is 3.95. The number of nitrogens with zero attached hydrogens (tertiary/aromatic N) is 1. The number of rotatable bonds is 4. The van der Waals surface area contributed by atoms with Crippen molar-refractivity contribution in [1.82, 2.24) is 4.98 Å². The molecule has 2 N–H and O–H groups in total. The fourth-order valence-electron chi connectivity index (χ4n) is 2.38. The van der Waals surface area contributed by atoms with Crippen LogP contribution in [-0.4, -0.2) is 18.5 Å². The molecule has 0 radical (unpaired) electrons. The lowest BCUT2D eigenvalue weighted by molar-refractivity contribution is 0.477. The van der Waals surface area contributed by atoms with Gasteiger partial charge in [-0.15, -0.1) is 22.7 Å². The van der Waals surface area contributed by atoms with Gasteiger partial charge in [0.15, 0.2) is 0 Å². The van der Waals surface area contributed by atoms with Crippen LogP contribution in [0.5, 0.6) is 5.75 Å². The maximum absolute atomic E-state index is 12.4. The number of benzene rings is 2. The highest BCUT2D eigenvalue weighted by Gasteiger charge is 2.17. The van der Waals surface area contributed by atoms with Crippen LogP contribution in [0.2, 0.25) is 0 Å². The summed E-state index contributed by atoms with van der Waals surface area (Å²) in [5, 5.41) is 12.5. The lowest BCUT2D eigenvalue weighted by Gasteiger charge is -2.08. The summed E-state index contributed by atoms with van der Waals surface area (Å²) in [6.45, 7) is 0. The summed E-state index contributed by atoms with van der Waals surface area (Å²) >= 11 is 2.59. The van der Waals surface area contributed by atoms with Crippen LogP contribution in [0.3, 0.4) is 0 Å². The van der Waals surface area contributed by atoms with Gasteiger partial charge < -0.3 is 5.11 Å². The number of hydrogen-bond acceptors (Lipinski definition) is 6. The molecule has 0 bridgehead atoms. The van der Waals surface area contributed by atoms with Crippen molar-refractivity contribution in [2.45, 2.75) is 4.21 Å². The highest BCUT2D eigenvalue weighted by atomic mass is 32.2. The summed E-state index contributed by atoms with van der Waals surface area (Å²) in [7, 11) is -3.64. The van der Waals surface area contributed by atoms with Gasteiger partial charge in [-0.05, 0) is 41.8 Å². The van der Waals surface area contributed by atoms with E-state index in [0.29, 0.717) is 16.3 Å². The van der Waals surface area contributed by atoms with Gasteiger partial charge in [0.2, 0.25) is 0 Å². The molecule has 4 aromatic rings. The van der Waals surface area contributed by atoms with Crippen molar-refractivity contribution in [2.24, 2.45) is 0 Å². The third kappa shape index (κ3) is 3.11. The standard InChI is InChI=1S/C17H12N2O3S3/c20-14-8-7-11(19-25(21,22)16-6-3-9-23-16)10-12(14)17-18-13-4-1-2-5-15(13)24-17/h1-10,19-20H. The van der Waals surface area contributed by atoms with Gasteiger partial charge in [-0.2, -0.15) is 0 Å².